The molecule has 1 aromatic carbocycles. The number of thiazole rings is 1. The van der Waals surface area contributed by atoms with Gasteiger partial charge in [-0.2, -0.15) is 0 Å². The molecule has 0 spiro atoms. The lowest BCUT2D eigenvalue weighted by atomic mass is 10.0. The Labute approximate surface area is 108 Å². The Morgan fingerprint density at radius 3 is 2.62 bits per heavy atom. The third-order valence-electron chi connectivity index (χ3n) is 2.37. The molecule has 2 aromatic rings. The topological polar surface area (TPSA) is 38.9 Å². The second-order valence-electron chi connectivity index (χ2n) is 3.77. The van der Waals surface area contributed by atoms with Crippen molar-refractivity contribution in [3.63, 3.8) is 0 Å². The van der Waals surface area contributed by atoms with E-state index >= 15 is 0 Å². The molecule has 0 fully saturated rings. The van der Waals surface area contributed by atoms with Crippen LogP contribution in [0.2, 0.25) is 0 Å². The van der Waals surface area contributed by atoms with Crippen LogP contribution in [-0.2, 0) is 12.8 Å². The van der Waals surface area contributed by atoms with Gasteiger partial charge in [-0.1, -0.05) is 28.1 Å². The minimum absolute atomic E-state index is 0.142. The summed E-state index contributed by atoms with van der Waals surface area (Å²) in [4.78, 5) is 4.24. The maximum atomic E-state index is 6.09. The summed E-state index contributed by atoms with van der Waals surface area (Å²) in [5.41, 5.74) is 10.3. The monoisotopic (exact) mass is 296 g/mol. The van der Waals surface area contributed by atoms with Crippen LogP contribution in [0.5, 0.6) is 0 Å². The van der Waals surface area contributed by atoms with Gasteiger partial charge in [0, 0.05) is 22.3 Å². The van der Waals surface area contributed by atoms with E-state index in [1.54, 1.807) is 11.3 Å². The zero-order valence-electron chi connectivity index (χ0n) is 8.77. The van der Waals surface area contributed by atoms with Crippen molar-refractivity contribution in [1.29, 1.82) is 0 Å². The van der Waals surface area contributed by atoms with Gasteiger partial charge in [0.15, 0.2) is 0 Å². The lowest BCUT2D eigenvalue weighted by Crippen LogP contribution is -2.25. The summed E-state index contributed by atoms with van der Waals surface area (Å²) < 4.78 is 1.10. The van der Waals surface area contributed by atoms with Crippen molar-refractivity contribution in [2.75, 3.05) is 0 Å². The number of hydrogen-bond donors (Lipinski definition) is 1. The predicted octanol–water partition coefficient (Wildman–Crippen LogP) is 3.02. The van der Waals surface area contributed by atoms with Gasteiger partial charge in [0.05, 0.1) is 11.2 Å². The highest BCUT2D eigenvalue weighted by Gasteiger charge is 2.06. The third kappa shape index (κ3) is 3.40. The summed E-state index contributed by atoms with van der Waals surface area (Å²) >= 11 is 5.04. The van der Waals surface area contributed by atoms with Crippen molar-refractivity contribution in [1.82, 2.24) is 4.98 Å². The molecule has 0 amide bonds. The molecule has 2 N–H and O–H groups in total. The molecule has 0 saturated heterocycles. The molecule has 0 aliphatic rings. The Morgan fingerprint density at radius 2 is 2.00 bits per heavy atom. The molecule has 2 rings (SSSR count). The van der Waals surface area contributed by atoms with Gasteiger partial charge in [0.2, 0.25) is 0 Å². The summed E-state index contributed by atoms with van der Waals surface area (Å²) in [6.07, 6.45) is 1.74. The highest BCUT2D eigenvalue weighted by atomic mass is 79.9. The van der Waals surface area contributed by atoms with Gasteiger partial charge in [-0.05, 0) is 24.1 Å². The standard InChI is InChI=1S/C12H13BrN2S/c13-10-3-1-9(2-4-10)5-11(14)6-12-7-16-8-15-12/h1-4,7-8,11H,5-6,14H2. The molecule has 4 heteroatoms. The lowest BCUT2D eigenvalue weighted by molar-refractivity contribution is 0.656. The second-order valence-corrected chi connectivity index (χ2v) is 5.41. The maximum absolute atomic E-state index is 6.09. The number of halogens is 1. The fourth-order valence-electron chi connectivity index (χ4n) is 1.60. The van der Waals surface area contributed by atoms with Crippen molar-refractivity contribution in [3.8, 4) is 0 Å². The van der Waals surface area contributed by atoms with E-state index in [1.165, 1.54) is 5.56 Å². The molecule has 0 bridgehead atoms. The van der Waals surface area contributed by atoms with Crippen LogP contribution in [-0.4, -0.2) is 11.0 Å². The number of nitrogens with two attached hydrogens (primary N) is 1. The first-order chi connectivity index (χ1) is 7.74. The summed E-state index contributed by atoms with van der Waals surface area (Å²) in [5.74, 6) is 0. The molecule has 0 aliphatic carbocycles. The van der Waals surface area contributed by atoms with Crippen LogP contribution in [0.1, 0.15) is 11.3 Å². The molecule has 0 saturated carbocycles. The van der Waals surface area contributed by atoms with Crippen LogP contribution in [0.25, 0.3) is 0 Å². The fourth-order valence-corrected chi connectivity index (χ4v) is 2.44. The molecular weight excluding hydrogens is 284 g/mol. The molecule has 1 unspecified atom stereocenters. The van der Waals surface area contributed by atoms with Gasteiger partial charge in [-0.25, -0.2) is 4.98 Å². The van der Waals surface area contributed by atoms with E-state index in [-0.39, 0.29) is 6.04 Å². The van der Waals surface area contributed by atoms with Crippen LogP contribution in [0.3, 0.4) is 0 Å². The largest absolute Gasteiger partial charge is 0.327 e. The highest BCUT2D eigenvalue weighted by molar-refractivity contribution is 9.10. The molecule has 1 atom stereocenters. The maximum Gasteiger partial charge on any atom is 0.0794 e. The molecule has 1 aromatic heterocycles. The average molecular weight is 297 g/mol. The average Bonchev–Trinajstić information content (AvgIpc) is 2.74. The SMILES string of the molecule is NC(Cc1ccc(Br)cc1)Cc1cscn1. The first-order valence-electron chi connectivity index (χ1n) is 5.11. The summed E-state index contributed by atoms with van der Waals surface area (Å²) in [6, 6.07) is 8.44. The smallest absolute Gasteiger partial charge is 0.0794 e. The van der Waals surface area contributed by atoms with E-state index in [4.69, 9.17) is 5.73 Å². The van der Waals surface area contributed by atoms with E-state index < -0.39 is 0 Å². The first-order valence-corrected chi connectivity index (χ1v) is 6.84. The first kappa shape index (κ1) is 11.8. The molecule has 0 radical (unpaired) electrons. The summed E-state index contributed by atoms with van der Waals surface area (Å²) in [5, 5.41) is 2.06. The second kappa shape index (κ2) is 5.57. The molecule has 16 heavy (non-hydrogen) atoms. The summed E-state index contributed by atoms with van der Waals surface area (Å²) in [7, 11) is 0. The number of nitrogens with zero attached hydrogens (tertiary/aromatic N) is 1. The number of benzene rings is 1. The Balaban J connectivity index is 1.92. The predicted molar refractivity (Wildman–Crippen MR) is 71.6 cm³/mol. The van der Waals surface area contributed by atoms with Crippen LogP contribution in [0, 0.1) is 0 Å². The van der Waals surface area contributed by atoms with Crippen LogP contribution >= 0.6 is 27.3 Å². The van der Waals surface area contributed by atoms with Crippen molar-refractivity contribution in [2.24, 2.45) is 5.73 Å². The number of hydrogen-bond acceptors (Lipinski definition) is 3. The normalized spacial score (nSPS) is 12.6. The van der Waals surface area contributed by atoms with Crippen molar-refractivity contribution < 1.29 is 0 Å². The van der Waals surface area contributed by atoms with Gasteiger partial charge >= 0.3 is 0 Å². The number of aromatic nitrogens is 1. The van der Waals surface area contributed by atoms with E-state index in [1.807, 2.05) is 17.6 Å². The van der Waals surface area contributed by atoms with Gasteiger partial charge in [0.1, 0.15) is 0 Å². The van der Waals surface area contributed by atoms with Crippen molar-refractivity contribution in [2.45, 2.75) is 18.9 Å². The van der Waals surface area contributed by atoms with E-state index in [2.05, 4.69) is 38.4 Å². The summed E-state index contributed by atoms with van der Waals surface area (Å²) in [6.45, 7) is 0. The Bertz CT molecular complexity index is 425. The molecule has 1 heterocycles. The molecule has 0 aliphatic heterocycles. The zero-order chi connectivity index (χ0) is 11.4. The van der Waals surface area contributed by atoms with Crippen LogP contribution < -0.4 is 5.73 Å². The zero-order valence-corrected chi connectivity index (χ0v) is 11.2. The molecule has 2 nitrogen and oxygen atoms in total. The Morgan fingerprint density at radius 1 is 1.25 bits per heavy atom. The minimum Gasteiger partial charge on any atom is -0.327 e. The van der Waals surface area contributed by atoms with Gasteiger partial charge in [-0.15, -0.1) is 11.3 Å². The number of rotatable bonds is 4. The van der Waals surface area contributed by atoms with E-state index in [9.17, 15) is 0 Å². The van der Waals surface area contributed by atoms with Crippen LogP contribution in [0.15, 0.2) is 39.6 Å². The van der Waals surface area contributed by atoms with Crippen LogP contribution in [0.4, 0.5) is 0 Å². The molecule has 84 valence electrons. The van der Waals surface area contributed by atoms with Gasteiger partial charge < -0.3 is 5.73 Å². The minimum atomic E-state index is 0.142. The van der Waals surface area contributed by atoms with Gasteiger partial charge in [0.25, 0.3) is 0 Å². The van der Waals surface area contributed by atoms with Gasteiger partial charge in [-0.3, -0.25) is 0 Å². The fraction of sp³-hybridized carbons (Fsp3) is 0.250. The Kier molecular flexibility index (Phi) is 4.09. The molecular formula is C12H13BrN2S. The van der Waals surface area contributed by atoms with Crippen molar-refractivity contribution >= 4 is 27.3 Å². The van der Waals surface area contributed by atoms with Crippen molar-refractivity contribution in [3.05, 3.63) is 50.9 Å². The quantitative estimate of drug-likeness (QED) is 0.942. The highest BCUT2D eigenvalue weighted by Crippen LogP contribution is 2.13. The lowest BCUT2D eigenvalue weighted by Gasteiger charge is -2.09. The third-order valence-corrected chi connectivity index (χ3v) is 3.53. The van der Waals surface area contributed by atoms with E-state index in [0.29, 0.717) is 0 Å². The Hall–Kier alpha value is -0.710. The van der Waals surface area contributed by atoms with E-state index in [0.717, 1.165) is 23.0 Å².